The highest BCUT2D eigenvalue weighted by molar-refractivity contribution is 6.30. The van der Waals surface area contributed by atoms with Crippen LogP contribution in [-0.2, 0) is 11.2 Å². The molecule has 1 heterocycles. The molecule has 3 aromatic rings. The normalized spacial score (nSPS) is 15.7. The van der Waals surface area contributed by atoms with Crippen LogP contribution in [-0.4, -0.2) is 47.3 Å². The molecule has 0 spiro atoms. The zero-order valence-electron chi connectivity index (χ0n) is 22.7. The SMILES string of the molecule is CC[C@@H](C)Oc1cc2c(cc1OC)CC(=O)N(c1ccc(N(C)C)cc1)C2c1ccc(Cl)cc1N(C)C. The molecule has 1 aliphatic rings. The van der Waals surface area contributed by atoms with Crippen molar-refractivity contribution in [2.45, 2.75) is 38.8 Å². The summed E-state index contributed by atoms with van der Waals surface area (Å²) in [4.78, 5) is 19.8. The monoisotopic (exact) mass is 521 g/mol. The molecule has 0 N–H and O–H groups in total. The van der Waals surface area contributed by atoms with Gasteiger partial charge in [-0.05, 0) is 73.0 Å². The second-order valence-electron chi connectivity index (χ2n) is 9.89. The summed E-state index contributed by atoms with van der Waals surface area (Å²) in [5, 5.41) is 0.646. The topological polar surface area (TPSA) is 45.3 Å². The summed E-state index contributed by atoms with van der Waals surface area (Å²) >= 11 is 6.42. The third-order valence-electron chi connectivity index (χ3n) is 6.90. The predicted molar refractivity (Wildman–Crippen MR) is 153 cm³/mol. The lowest BCUT2D eigenvalue weighted by Crippen LogP contribution is -2.41. The molecule has 0 aromatic heterocycles. The number of anilines is 3. The minimum atomic E-state index is -0.374. The minimum absolute atomic E-state index is 0.0207. The average Bonchev–Trinajstić information content (AvgIpc) is 2.87. The second-order valence-corrected chi connectivity index (χ2v) is 10.3. The number of carbonyl (C=O) groups excluding carboxylic acids is 1. The molecule has 4 rings (SSSR count). The standard InChI is InChI=1S/C30H36ClN3O3/c1-8-19(2)37-28-18-25-20(15-27(28)36-7)16-29(35)34(23-12-10-22(11-13-23)32(3)4)30(25)24-14-9-21(31)17-26(24)33(5)6/h9-15,17-19,30H,8,16H2,1-7H3/t19-,30?/m1/s1. The number of nitrogens with zero attached hydrogens (tertiary/aromatic N) is 3. The van der Waals surface area contributed by atoms with Crippen LogP contribution in [0.15, 0.2) is 54.6 Å². The number of amides is 1. The molecule has 7 heteroatoms. The molecule has 0 radical (unpaired) electrons. The Morgan fingerprint density at radius 1 is 0.973 bits per heavy atom. The Bertz CT molecular complexity index is 1270. The van der Waals surface area contributed by atoms with Crippen LogP contribution in [0.25, 0.3) is 0 Å². The lowest BCUT2D eigenvalue weighted by atomic mass is 9.86. The summed E-state index contributed by atoms with van der Waals surface area (Å²) in [6.07, 6.45) is 1.17. The summed E-state index contributed by atoms with van der Waals surface area (Å²) in [6.45, 7) is 4.13. The fourth-order valence-electron chi connectivity index (χ4n) is 4.75. The van der Waals surface area contributed by atoms with E-state index in [9.17, 15) is 4.79 Å². The first-order valence-corrected chi connectivity index (χ1v) is 13.0. The van der Waals surface area contributed by atoms with E-state index in [0.29, 0.717) is 16.5 Å². The molecule has 0 aliphatic carbocycles. The van der Waals surface area contributed by atoms with Crippen LogP contribution in [0.1, 0.15) is 43.0 Å². The molecule has 0 saturated heterocycles. The highest BCUT2D eigenvalue weighted by atomic mass is 35.5. The van der Waals surface area contributed by atoms with Gasteiger partial charge in [-0.3, -0.25) is 4.79 Å². The van der Waals surface area contributed by atoms with Crippen molar-refractivity contribution in [1.29, 1.82) is 0 Å². The van der Waals surface area contributed by atoms with Crippen LogP contribution in [0.2, 0.25) is 5.02 Å². The van der Waals surface area contributed by atoms with Crippen molar-refractivity contribution in [3.05, 3.63) is 76.3 Å². The third kappa shape index (κ3) is 5.35. The van der Waals surface area contributed by atoms with Crippen molar-refractivity contribution in [3.63, 3.8) is 0 Å². The van der Waals surface area contributed by atoms with Gasteiger partial charge in [-0.25, -0.2) is 0 Å². The molecule has 0 fully saturated rings. The van der Waals surface area contributed by atoms with Crippen molar-refractivity contribution >= 4 is 34.6 Å². The average molecular weight is 522 g/mol. The number of hydrogen-bond acceptors (Lipinski definition) is 5. The van der Waals surface area contributed by atoms with Gasteiger partial charge in [0.05, 0.1) is 25.7 Å². The molecule has 1 unspecified atom stereocenters. The highest BCUT2D eigenvalue weighted by Crippen LogP contribution is 2.46. The van der Waals surface area contributed by atoms with Crippen molar-refractivity contribution in [3.8, 4) is 11.5 Å². The first-order valence-electron chi connectivity index (χ1n) is 12.6. The van der Waals surface area contributed by atoms with Crippen LogP contribution in [0.5, 0.6) is 11.5 Å². The van der Waals surface area contributed by atoms with Crippen LogP contribution in [0, 0.1) is 0 Å². The van der Waals surface area contributed by atoms with Gasteiger partial charge in [0.15, 0.2) is 11.5 Å². The zero-order valence-corrected chi connectivity index (χ0v) is 23.5. The number of ether oxygens (including phenoxy) is 2. The lowest BCUT2D eigenvalue weighted by Gasteiger charge is -2.39. The van der Waals surface area contributed by atoms with Gasteiger partial charge >= 0.3 is 0 Å². The number of hydrogen-bond donors (Lipinski definition) is 0. The number of fused-ring (bicyclic) bond motifs is 1. The molecular formula is C30H36ClN3O3. The fraction of sp³-hybridized carbons (Fsp3) is 0.367. The maximum absolute atomic E-state index is 13.8. The summed E-state index contributed by atoms with van der Waals surface area (Å²) < 4.78 is 12.0. The Labute approximate surface area is 225 Å². The van der Waals surface area contributed by atoms with Crippen LogP contribution in [0.4, 0.5) is 17.1 Å². The Morgan fingerprint density at radius 3 is 2.27 bits per heavy atom. The molecule has 1 aliphatic heterocycles. The van der Waals surface area contributed by atoms with Gasteiger partial charge < -0.3 is 24.2 Å². The van der Waals surface area contributed by atoms with Gasteiger partial charge in [-0.2, -0.15) is 0 Å². The quantitative estimate of drug-likeness (QED) is 0.346. The number of benzene rings is 3. The van der Waals surface area contributed by atoms with Crippen molar-refractivity contribution in [1.82, 2.24) is 0 Å². The number of carbonyl (C=O) groups is 1. The van der Waals surface area contributed by atoms with Gasteiger partial charge in [-0.15, -0.1) is 0 Å². The molecule has 37 heavy (non-hydrogen) atoms. The number of rotatable bonds is 8. The number of halogens is 1. The van der Waals surface area contributed by atoms with Crippen LogP contribution < -0.4 is 24.2 Å². The molecule has 196 valence electrons. The van der Waals surface area contributed by atoms with E-state index in [1.165, 1.54) is 0 Å². The van der Waals surface area contributed by atoms with E-state index in [4.69, 9.17) is 21.1 Å². The predicted octanol–water partition coefficient (Wildman–Crippen LogP) is 6.34. The van der Waals surface area contributed by atoms with Gasteiger partial charge in [-0.1, -0.05) is 24.6 Å². The Morgan fingerprint density at radius 2 is 1.68 bits per heavy atom. The van der Waals surface area contributed by atoms with E-state index < -0.39 is 0 Å². The van der Waals surface area contributed by atoms with Crippen LogP contribution in [0.3, 0.4) is 0 Å². The summed E-state index contributed by atoms with van der Waals surface area (Å²) in [5.74, 6) is 1.34. The molecule has 2 atom stereocenters. The van der Waals surface area contributed by atoms with E-state index in [0.717, 1.165) is 40.2 Å². The Hall–Kier alpha value is -3.38. The van der Waals surface area contributed by atoms with E-state index in [-0.39, 0.29) is 24.5 Å². The molecule has 0 saturated carbocycles. The zero-order chi connectivity index (χ0) is 26.9. The maximum Gasteiger partial charge on any atom is 0.232 e. The van der Waals surface area contributed by atoms with E-state index in [2.05, 4.69) is 6.92 Å². The fourth-order valence-corrected chi connectivity index (χ4v) is 4.92. The third-order valence-corrected chi connectivity index (χ3v) is 7.14. The van der Waals surface area contributed by atoms with Gasteiger partial charge in [0.2, 0.25) is 5.91 Å². The van der Waals surface area contributed by atoms with Crippen molar-refractivity contribution in [2.75, 3.05) is 50.0 Å². The molecule has 6 nitrogen and oxygen atoms in total. The highest BCUT2D eigenvalue weighted by Gasteiger charge is 2.37. The summed E-state index contributed by atoms with van der Waals surface area (Å²) in [7, 11) is 9.62. The van der Waals surface area contributed by atoms with Crippen LogP contribution >= 0.6 is 11.6 Å². The van der Waals surface area contributed by atoms with Crippen molar-refractivity contribution in [2.24, 2.45) is 0 Å². The second kappa shape index (κ2) is 10.9. The summed E-state index contributed by atoms with van der Waals surface area (Å²) in [6, 6.07) is 17.6. The van der Waals surface area contributed by atoms with Gasteiger partial charge in [0, 0.05) is 55.8 Å². The van der Waals surface area contributed by atoms with E-state index >= 15 is 0 Å². The lowest BCUT2D eigenvalue weighted by molar-refractivity contribution is -0.118. The molecule has 0 bridgehead atoms. The van der Waals surface area contributed by atoms with E-state index in [1.54, 1.807) is 7.11 Å². The maximum atomic E-state index is 13.8. The first-order chi connectivity index (χ1) is 17.6. The molecular weight excluding hydrogens is 486 g/mol. The minimum Gasteiger partial charge on any atom is -0.493 e. The first kappa shape index (κ1) is 26.7. The number of methoxy groups -OCH3 is 1. The summed E-state index contributed by atoms with van der Waals surface area (Å²) in [5.41, 5.74) is 5.80. The largest absolute Gasteiger partial charge is 0.493 e. The van der Waals surface area contributed by atoms with Gasteiger partial charge in [0.1, 0.15) is 0 Å². The van der Waals surface area contributed by atoms with Crippen molar-refractivity contribution < 1.29 is 14.3 Å². The smallest absolute Gasteiger partial charge is 0.232 e. The molecule has 1 amide bonds. The molecule has 3 aromatic carbocycles. The van der Waals surface area contributed by atoms with Gasteiger partial charge in [0.25, 0.3) is 0 Å². The Kier molecular flexibility index (Phi) is 7.88. The Balaban J connectivity index is 1.97. The van der Waals surface area contributed by atoms with E-state index in [1.807, 2.05) is 104 Å².